The Morgan fingerprint density at radius 3 is 2.41 bits per heavy atom. The van der Waals surface area contributed by atoms with Crippen LogP contribution in [0.25, 0.3) is 11.4 Å². The van der Waals surface area contributed by atoms with Crippen LogP contribution < -0.4 is 4.74 Å². The molecule has 0 bridgehead atoms. The Morgan fingerprint density at radius 2 is 1.94 bits per heavy atom. The molecule has 88 valence electrons. The SMILES string of the molecule is COc1ccc(-c2nc(C(C)=O)c(C)[nH]2)cc1. The number of nitrogens with zero attached hydrogens (tertiary/aromatic N) is 1. The molecule has 2 rings (SSSR count). The molecule has 0 aliphatic heterocycles. The summed E-state index contributed by atoms with van der Waals surface area (Å²) in [5.74, 6) is 1.47. The van der Waals surface area contributed by atoms with Gasteiger partial charge in [0.05, 0.1) is 7.11 Å². The molecule has 1 heterocycles. The van der Waals surface area contributed by atoms with Gasteiger partial charge in [0.25, 0.3) is 0 Å². The first kappa shape index (κ1) is 11.4. The molecule has 0 atom stereocenters. The molecule has 0 radical (unpaired) electrons. The molecule has 4 nitrogen and oxygen atoms in total. The summed E-state index contributed by atoms with van der Waals surface area (Å²) in [7, 11) is 1.62. The highest BCUT2D eigenvalue weighted by Gasteiger charge is 2.11. The van der Waals surface area contributed by atoms with E-state index < -0.39 is 0 Å². The van der Waals surface area contributed by atoms with Crippen LogP contribution in [0.5, 0.6) is 5.75 Å². The van der Waals surface area contributed by atoms with E-state index in [1.54, 1.807) is 7.11 Å². The third kappa shape index (κ3) is 2.20. The van der Waals surface area contributed by atoms with Crippen LogP contribution in [0, 0.1) is 6.92 Å². The van der Waals surface area contributed by atoms with Crippen molar-refractivity contribution in [3.05, 3.63) is 35.7 Å². The van der Waals surface area contributed by atoms with Gasteiger partial charge >= 0.3 is 0 Å². The number of ketones is 1. The monoisotopic (exact) mass is 230 g/mol. The number of methoxy groups -OCH3 is 1. The van der Waals surface area contributed by atoms with Crippen molar-refractivity contribution in [1.29, 1.82) is 0 Å². The van der Waals surface area contributed by atoms with Gasteiger partial charge in [-0.3, -0.25) is 4.79 Å². The maximum atomic E-state index is 11.3. The van der Waals surface area contributed by atoms with E-state index in [1.165, 1.54) is 6.92 Å². The highest BCUT2D eigenvalue weighted by atomic mass is 16.5. The number of H-pyrrole nitrogens is 1. The highest BCUT2D eigenvalue weighted by Crippen LogP contribution is 2.21. The van der Waals surface area contributed by atoms with Gasteiger partial charge in [0, 0.05) is 18.2 Å². The summed E-state index contributed by atoms with van der Waals surface area (Å²) in [5, 5.41) is 0. The Kier molecular flexibility index (Phi) is 2.95. The van der Waals surface area contributed by atoms with Gasteiger partial charge in [-0.2, -0.15) is 0 Å². The van der Waals surface area contributed by atoms with Gasteiger partial charge in [0.2, 0.25) is 0 Å². The van der Waals surface area contributed by atoms with Gasteiger partial charge in [0.1, 0.15) is 17.3 Å². The zero-order valence-corrected chi connectivity index (χ0v) is 10.1. The van der Waals surface area contributed by atoms with E-state index in [-0.39, 0.29) is 5.78 Å². The third-order valence-corrected chi connectivity index (χ3v) is 2.58. The molecule has 17 heavy (non-hydrogen) atoms. The maximum Gasteiger partial charge on any atom is 0.179 e. The van der Waals surface area contributed by atoms with E-state index in [9.17, 15) is 4.79 Å². The van der Waals surface area contributed by atoms with Crippen LogP contribution in [0.15, 0.2) is 24.3 Å². The number of imidazole rings is 1. The number of aromatic nitrogens is 2. The van der Waals surface area contributed by atoms with Crippen LogP contribution in [-0.4, -0.2) is 22.9 Å². The van der Waals surface area contributed by atoms with E-state index in [0.29, 0.717) is 11.5 Å². The molecule has 1 aromatic carbocycles. The molecule has 2 aromatic rings. The molecule has 0 spiro atoms. The van der Waals surface area contributed by atoms with Gasteiger partial charge < -0.3 is 9.72 Å². The normalized spacial score (nSPS) is 10.3. The zero-order valence-electron chi connectivity index (χ0n) is 10.1. The van der Waals surface area contributed by atoms with Crippen molar-refractivity contribution >= 4 is 5.78 Å². The second-order valence-corrected chi connectivity index (χ2v) is 3.84. The number of Topliss-reactive ketones (excluding diaryl/α,β-unsaturated/α-hetero) is 1. The lowest BCUT2D eigenvalue weighted by Crippen LogP contribution is -1.94. The highest BCUT2D eigenvalue weighted by molar-refractivity contribution is 5.93. The van der Waals surface area contributed by atoms with Crippen molar-refractivity contribution in [2.75, 3.05) is 7.11 Å². The zero-order chi connectivity index (χ0) is 12.4. The van der Waals surface area contributed by atoms with Crippen LogP contribution in [0.4, 0.5) is 0 Å². The lowest BCUT2D eigenvalue weighted by molar-refractivity contribution is 0.101. The Bertz CT molecular complexity index is 541. The Morgan fingerprint density at radius 1 is 1.29 bits per heavy atom. The minimum atomic E-state index is -0.0292. The molecule has 4 heteroatoms. The van der Waals surface area contributed by atoms with Crippen molar-refractivity contribution in [2.24, 2.45) is 0 Å². The van der Waals surface area contributed by atoms with Crippen LogP contribution >= 0.6 is 0 Å². The van der Waals surface area contributed by atoms with Gasteiger partial charge in [-0.05, 0) is 31.2 Å². The van der Waals surface area contributed by atoms with Gasteiger partial charge in [-0.15, -0.1) is 0 Å². The van der Waals surface area contributed by atoms with Crippen molar-refractivity contribution < 1.29 is 9.53 Å². The van der Waals surface area contributed by atoms with Crippen molar-refractivity contribution in [3.8, 4) is 17.1 Å². The number of rotatable bonds is 3. The topological polar surface area (TPSA) is 55.0 Å². The summed E-state index contributed by atoms with van der Waals surface area (Å²) >= 11 is 0. The first-order chi connectivity index (χ1) is 8.11. The largest absolute Gasteiger partial charge is 0.497 e. The second kappa shape index (κ2) is 4.41. The summed E-state index contributed by atoms with van der Waals surface area (Å²) in [5.41, 5.74) is 2.22. The second-order valence-electron chi connectivity index (χ2n) is 3.84. The van der Waals surface area contributed by atoms with E-state index in [1.807, 2.05) is 31.2 Å². The fourth-order valence-electron chi connectivity index (χ4n) is 1.69. The number of nitrogens with one attached hydrogen (secondary N) is 1. The summed E-state index contributed by atoms with van der Waals surface area (Å²) in [6.45, 7) is 3.36. The van der Waals surface area contributed by atoms with Crippen LogP contribution in [-0.2, 0) is 0 Å². The molecule has 0 saturated heterocycles. The van der Waals surface area contributed by atoms with E-state index >= 15 is 0 Å². The maximum absolute atomic E-state index is 11.3. The third-order valence-electron chi connectivity index (χ3n) is 2.58. The minimum Gasteiger partial charge on any atom is -0.497 e. The molecule has 1 N–H and O–H groups in total. The molecule has 0 aliphatic rings. The molecule has 0 amide bonds. The van der Waals surface area contributed by atoms with E-state index in [2.05, 4.69) is 9.97 Å². The van der Waals surface area contributed by atoms with Gasteiger partial charge in [-0.1, -0.05) is 0 Å². The summed E-state index contributed by atoms with van der Waals surface area (Å²) in [4.78, 5) is 18.7. The standard InChI is InChI=1S/C13H14N2O2/c1-8-12(9(2)16)15-13(14-8)10-4-6-11(17-3)7-5-10/h4-7H,1-3H3,(H,14,15). The van der Waals surface area contributed by atoms with Crippen LogP contribution in [0.3, 0.4) is 0 Å². The Hall–Kier alpha value is -2.10. The van der Waals surface area contributed by atoms with Gasteiger partial charge in [0.15, 0.2) is 5.78 Å². The van der Waals surface area contributed by atoms with Crippen LogP contribution in [0.1, 0.15) is 23.1 Å². The number of aromatic amines is 1. The van der Waals surface area contributed by atoms with Crippen molar-refractivity contribution in [2.45, 2.75) is 13.8 Å². The van der Waals surface area contributed by atoms with E-state index in [4.69, 9.17) is 4.74 Å². The predicted octanol–water partition coefficient (Wildman–Crippen LogP) is 2.60. The molecular weight excluding hydrogens is 216 g/mol. The predicted molar refractivity (Wildman–Crippen MR) is 65.3 cm³/mol. The number of benzene rings is 1. The van der Waals surface area contributed by atoms with Crippen LogP contribution in [0.2, 0.25) is 0 Å². The average molecular weight is 230 g/mol. The number of hydrogen-bond acceptors (Lipinski definition) is 3. The molecule has 0 unspecified atom stereocenters. The molecule has 0 fully saturated rings. The first-order valence-corrected chi connectivity index (χ1v) is 5.34. The summed E-state index contributed by atoms with van der Waals surface area (Å²) in [6.07, 6.45) is 0. The fourth-order valence-corrected chi connectivity index (χ4v) is 1.69. The lowest BCUT2D eigenvalue weighted by atomic mass is 10.2. The fraction of sp³-hybridized carbons (Fsp3) is 0.231. The lowest BCUT2D eigenvalue weighted by Gasteiger charge is -2.00. The van der Waals surface area contributed by atoms with Crippen molar-refractivity contribution in [3.63, 3.8) is 0 Å². The molecule has 1 aromatic heterocycles. The number of hydrogen-bond donors (Lipinski definition) is 1. The van der Waals surface area contributed by atoms with Crippen molar-refractivity contribution in [1.82, 2.24) is 9.97 Å². The Labute approximate surface area is 99.7 Å². The summed E-state index contributed by atoms with van der Waals surface area (Å²) in [6, 6.07) is 7.53. The first-order valence-electron chi connectivity index (χ1n) is 5.34. The number of carbonyl (C=O) groups is 1. The molecular formula is C13H14N2O2. The average Bonchev–Trinajstić information content (AvgIpc) is 2.71. The minimum absolute atomic E-state index is 0.0292. The number of ether oxygens (including phenoxy) is 1. The quantitative estimate of drug-likeness (QED) is 0.824. The molecule has 0 aliphatic carbocycles. The number of carbonyl (C=O) groups excluding carboxylic acids is 1. The number of aryl methyl sites for hydroxylation is 1. The smallest absolute Gasteiger partial charge is 0.179 e. The molecule has 0 saturated carbocycles. The van der Waals surface area contributed by atoms with Gasteiger partial charge in [-0.25, -0.2) is 4.98 Å². The van der Waals surface area contributed by atoms with E-state index in [0.717, 1.165) is 17.0 Å². The summed E-state index contributed by atoms with van der Waals surface area (Å²) < 4.78 is 5.09. The Balaban J connectivity index is 2.39.